The van der Waals surface area contributed by atoms with Crippen LogP contribution in [0.1, 0.15) is 29.2 Å². The summed E-state index contributed by atoms with van der Waals surface area (Å²) < 4.78 is 27.3. The van der Waals surface area contributed by atoms with Crippen LogP contribution in [-0.4, -0.2) is 60.4 Å². The molecule has 6 nitrogen and oxygen atoms in total. The van der Waals surface area contributed by atoms with E-state index in [0.717, 1.165) is 11.1 Å². The molecule has 3 rings (SSSR count). The SMILES string of the molecule is Cc1ccc(CNC(=O)CN2CCN(CC(=O)NCc3ccc(C)c(F)c3)C(C)C2)cc1F. The van der Waals surface area contributed by atoms with Crippen molar-refractivity contribution >= 4 is 11.8 Å². The van der Waals surface area contributed by atoms with Gasteiger partial charge in [-0.25, -0.2) is 8.78 Å². The van der Waals surface area contributed by atoms with Crippen molar-refractivity contribution in [3.63, 3.8) is 0 Å². The van der Waals surface area contributed by atoms with E-state index >= 15 is 0 Å². The van der Waals surface area contributed by atoms with E-state index in [4.69, 9.17) is 0 Å². The Morgan fingerprint density at radius 1 is 0.879 bits per heavy atom. The zero-order valence-corrected chi connectivity index (χ0v) is 19.5. The summed E-state index contributed by atoms with van der Waals surface area (Å²) in [5.41, 5.74) is 2.61. The Labute approximate surface area is 194 Å². The maximum atomic E-state index is 13.7. The van der Waals surface area contributed by atoms with Crippen LogP contribution in [0, 0.1) is 25.5 Å². The minimum Gasteiger partial charge on any atom is -0.351 e. The average Bonchev–Trinajstić information content (AvgIpc) is 2.77. The van der Waals surface area contributed by atoms with Crippen molar-refractivity contribution in [2.75, 3.05) is 32.7 Å². The molecule has 178 valence electrons. The molecule has 1 fully saturated rings. The topological polar surface area (TPSA) is 64.7 Å². The van der Waals surface area contributed by atoms with E-state index in [9.17, 15) is 18.4 Å². The zero-order chi connectivity index (χ0) is 24.0. The van der Waals surface area contributed by atoms with Crippen molar-refractivity contribution in [1.82, 2.24) is 20.4 Å². The number of nitrogens with one attached hydrogen (secondary N) is 2. The molecule has 1 saturated heterocycles. The molecule has 1 heterocycles. The van der Waals surface area contributed by atoms with Crippen LogP contribution in [0.2, 0.25) is 0 Å². The molecule has 0 spiro atoms. The molecule has 2 amide bonds. The summed E-state index contributed by atoms with van der Waals surface area (Å²) in [5.74, 6) is -0.776. The minimum absolute atomic E-state index is 0.111. The normalized spacial score (nSPS) is 17.1. The van der Waals surface area contributed by atoms with Crippen LogP contribution < -0.4 is 10.6 Å². The van der Waals surface area contributed by atoms with E-state index in [-0.39, 0.29) is 55.7 Å². The summed E-state index contributed by atoms with van der Waals surface area (Å²) in [5, 5.41) is 5.68. The Hall–Kier alpha value is -2.84. The van der Waals surface area contributed by atoms with Crippen LogP contribution in [0.3, 0.4) is 0 Å². The quantitative estimate of drug-likeness (QED) is 0.638. The molecule has 0 radical (unpaired) electrons. The first-order valence-corrected chi connectivity index (χ1v) is 11.2. The standard InChI is InChI=1S/C25H32F2N4O2/c1-17-4-6-20(10-22(17)26)12-28-24(32)15-30-8-9-31(19(3)14-30)16-25(33)29-13-21-7-5-18(2)23(27)11-21/h4-7,10-11,19H,8-9,12-16H2,1-3H3,(H,28,32)(H,29,33). The highest BCUT2D eigenvalue weighted by Gasteiger charge is 2.26. The molecule has 0 saturated carbocycles. The van der Waals surface area contributed by atoms with Gasteiger partial charge in [0.15, 0.2) is 0 Å². The summed E-state index contributed by atoms with van der Waals surface area (Å²) in [6.45, 7) is 8.54. The fourth-order valence-electron chi connectivity index (χ4n) is 3.84. The van der Waals surface area contributed by atoms with Gasteiger partial charge in [0.2, 0.25) is 11.8 Å². The predicted molar refractivity (Wildman–Crippen MR) is 123 cm³/mol. The van der Waals surface area contributed by atoms with Crippen LogP contribution >= 0.6 is 0 Å². The molecule has 1 aliphatic heterocycles. The van der Waals surface area contributed by atoms with Crippen molar-refractivity contribution in [3.05, 3.63) is 70.3 Å². The Bertz CT molecular complexity index is 998. The molecule has 0 aromatic heterocycles. The van der Waals surface area contributed by atoms with E-state index in [1.165, 1.54) is 12.1 Å². The second-order valence-electron chi connectivity index (χ2n) is 8.78. The second-order valence-corrected chi connectivity index (χ2v) is 8.78. The molecule has 0 aliphatic carbocycles. The van der Waals surface area contributed by atoms with Gasteiger partial charge in [0.1, 0.15) is 11.6 Å². The van der Waals surface area contributed by atoms with Crippen molar-refractivity contribution in [3.8, 4) is 0 Å². The van der Waals surface area contributed by atoms with Gasteiger partial charge < -0.3 is 10.6 Å². The van der Waals surface area contributed by atoms with E-state index in [2.05, 4.69) is 20.4 Å². The number of aryl methyl sites for hydroxylation is 2. The molecule has 0 bridgehead atoms. The fourth-order valence-corrected chi connectivity index (χ4v) is 3.84. The van der Waals surface area contributed by atoms with Gasteiger partial charge in [0.25, 0.3) is 0 Å². The predicted octanol–water partition coefficient (Wildman–Crippen LogP) is 2.52. The first kappa shape index (κ1) is 24.8. The van der Waals surface area contributed by atoms with Crippen LogP contribution in [0.4, 0.5) is 8.78 Å². The van der Waals surface area contributed by atoms with Crippen molar-refractivity contribution in [2.24, 2.45) is 0 Å². The molecular formula is C25H32F2N4O2. The van der Waals surface area contributed by atoms with Crippen molar-refractivity contribution in [1.29, 1.82) is 0 Å². The number of hydrogen-bond acceptors (Lipinski definition) is 4. The summed E-state index contributed by atoms with van der Waals surface area (Å²) in [4.78, 5) is 28.8. The monoisotopic (exact) mass is 458 g/mol. The van der Waals surface area contributed by atoms with Gasteiger partial charge in [-0.3, -0.25) is 19.4 Å². The molecule has 1 atom stereocenters. The number of hydrogen-bond donors (Lipinski definition) is 2. The van der Waals surface area contributed by atoms with E-state index < -0.39 is 0 Å². The number of piperazine rings is 1. The highest BCUT2D eigenvalue weighted by molar-refractivity contribution is 5.78. The van der Waals surface area contributed by atoms with E-state index in [1.54, 1.807) is 38.1 Å². The Kier molecular flexibility index (Phi) is 8.52. The maximum Gasteiger partial charge on any atom is 0.234 e. The van der Waals surface area contributed by atoms with E-state index in [0.29, 0.717) is 30.8 Å². The summed E-state index contributed by atoms with van der Waals surface area (Å²) in [7, 11) is 0. The molecule has 33 heavy (non-hydrogen) atoms. The van der Waals surface area contributed by atoms with Crippen LogP contribution in [-0.2, 0) is 22.7 Å². The molecule has 2 aromatic rings. The van der Waals surface area contributed by atoms with Gasteiger partial charge in [-0.15, -0.1) is 0 Å². The highest BCUT2D eigenvalue weighted by atomic mass is 19.1. The number of halogens is 2. The van der Waals surface area contributed by atoms with E-state index in [1.807, 2.05) is 6.92 Å². The Morgan fingerprint density at radius 2 is 1.39 bits per heavy atom. The van der Waals surface area contributed by atoms with Gasteiger partial charge in [-0.1, -0.05) is 24.3 Å². The number of carbonyl (C=O) groups is 2. The first-order chi connectivity index (χ1) is 15.7. The van der Waals surface area contributed by atoms with Gasteiger partial charge in [-0.2, -0.15) is 0 Å². The van der Waals surface area contributed by atoms with Gasteiger partial charge in [0, 0.05) is 38.8 Å². The summed E-state index contributed by atoms with van der Waals surface area (Å²) in [6, 6.07) is 10.0. The number of benzene rings is 2. The molecule has 2 aromatic carbocycles. The minimum atomic E-state index is -0.276. The number of rotatable bonds is 8. The molecule has 1 aliphatic rings. The van der Waals surface area contributed by atoms with Gasteiger partial charge in [0.05, 0.1) is 13.1 Å². The number of nitrogens with zero attached hydrogens (tertiary/aromatic N) is 2. The third-order valence-corrected chi connectivity index (χ3v) is 6.01. The van der Waals surface area contributed by atoms with Gasteiger partial charge in [-0.05, 0) is 55.2 Å². The molecular weight excluding hydrogens is 426 g/mol. The number of amides is 2. The second kappa shape index (κ2) is 11.3. The Morgan fingerprint density at radius 3 is 1.88 bits per heavy atom. The largest absolute Gasteiger partial charge is 0.351 e. The lowest BCUT2D eigenvalue weighted by Crippen LogP contribution is -2.55. The van der Waals surface area contributed by atoms with Crippen LogP contribution in [0.15, 0.2) is 36.4 Å². The zero-order valence-electron chi connectivity index (χ0n) is 19.5. The highest BCUT2D eigenvalue weighted by Crippen LogP contribution is 2.11. The lowest BCUT2D eigenvalue weighted by atomic mass is 10.1. The summed E-state index contributed by atoms with van der Waals surface area (Å²) in [6.07, 6.45) is 0. The molecule has 8 heteroatoms. The molecule has 2 N–H and O–H groups in total. The third-order valence-electron chi connectivity index (χ3n) is 6.01. The lowest BCUT2D eigenvalue weighted by molar-refractivity contribution is -0.126. The van der Waals surface area contributed by atoms with Crippen LogP contribution in [0.5, 0.6) is 0 Å². The average molecular weight is 459 g/mol. The first-order valence-electron chi connectivity index (χ1n) is 11.2. The Balaban J connectivity index is 1.38. The summed E-state index contributed by atoms with van der Waals surface area (Å²) >= 11 is 0. The third kappa shape index (κ3) is 7.33. The smallest absolute Gasteiger partial charge is 0.234 e. The maximum absolute atomic E-state index is 13.7. The van der Waals surface area contributed by atoms with Gasteiger partial charge >= 0.3 is 0 Å². The molecule has 1 unspecified atom stereocenters. The van der Waals surface area contributed by atoms with Crippen molar-refractivity contribution in [2.45, 2.75) is 39.9 Å². The van der Waals surface area contributed by atoms with Crippen molar-refractivity contribution < 1.29 is 18.4 Å². The fraction of sp³-hybridized carbons (Fsp3) is 0.440. The van der Waals surface area contributed by atoms with Crippen LogP contribution in [0.25, 0.3) is 0 Å². The lowest BCUT2D eigenvalue weighted by Gasteiger charge is -2.39. The number of carbonyl (C=O) groups excluding carboxylic acids is 2.